The molecular weight excluding hydrogens is 271 g/mol. The number of rotatable bonds is 7. The van der Waals surface area contributed by atoms with Crippen molar-refractivity contribution in [1.82, 2.24) is 9.99 Å². The van der Waals surface area contributed by atoms with Crippen molar-refractivity contribution in [2.75, 3.05) is 0 Å². The molecule has 0 bridgehead atoms. The Hall–Kier alpha value is -1.49. The average molecular weight is 290 g/mol. The van der Waals surface area contributed by atoms with Crippen LogP contribution < -0.4 is 5.32 Å². The number of nitrogens with zero attached hydrogens (tertiary/aromatic N) is 1. The van der Waals surface area contributed by atoms with Crippen LogP contribution in [0.3, 0.4) is 0 Å². The molecule has 0 aliphatic rings. The standard InChI is InChI=1S/C11H19N2O5P/c1-5-6-8(14)13(19-18)11(3,4)10(17)12-7(2)9(15)16/h7H,5-6H2,1-4H3,(H,12,17)(H,15,16)/t7-/m0/s1. The van der Waals surface area contributed by atoms with Gasteiger partial charge in [0, 0.05) is 6.42 Å². The van der Waals surface area contributed by atoms with Gasteiger partial charge in [0.2, 0.25) is 11.8 Å². The predicted molar refractivity (Wildman–Crippen MR) is 68.7 cm³/mol. The number of aliphatic carboxylic acids is 1. The van der Waals surface area contributed by atoms with Gasteiger partial charge in [0.15, 0.2) is 0 Å². The van der Waals surface area contributed by atoms with E-state index in [1.165, 1.54) is 20.8 Å². The quantitative estimate of drug-likeness (QED) is 0.685. The number of amides is 2. The van der Waals surface area contributed by atoms with Crippen molar-refractivity contribution in [3.05, 3.63) is 0 Å². The number of carboxylic acids is 1. The highest BCUT2D eigenvalue weighted by Gasteiger charge is 2.39. The molecule has 0 aromatic carbocycles. The van der Waals surface area contributed by atoms with Crippen molar-refractivity contribution >= 4 is 26.4 Å². The molecule has 0 aromatic rings. The Bertz CT molecular complexity index is 383. The van der Waals surface area contributed by atoms with Gasteiger partial charge in [0.1, 0.15) is 11.6 Å². The molecule has 19 heavy (non-hydrogen) atoms. The Morgan fingerprint density at radius 1 is 1.37 bits per heavy atom. The highest BCUT2D eigenvalue weighted by Crippen LogP contribution is 2.24. The molecule has 0 saturated carbocycles. The Kier molecular flexibility index (Phi) is 6.62. The largest absolute Gasteiger partial charge is 0.480 e. The topological polar surface area (TPSA) is 104 Å². The highest BCUT2D eigenvalue weighted by atomic mass is 31.1. The molecule has 2 amide bonds. The molecule has 2 N–H and O–H groups in total. The Morgan fingerprint density at radius 3 is 2.26 bits per heavy atom. The van der Waals surface area contributed by atoms with Crippen LogP contribution in [0.15, 0.2) is 0 Å². The third-order valence-electron chi connectivity index (χ3n) is 2.58. The van der Waals surface area contributed by atoms with Gasteiger partial charge in [-0.15, -0.1) is 0 Å². The van der Waals surface area contributed by atoms with Gasteiger partial charge in [-0.2, -0.15) is 0 Å². The molecule has 0 aromatic heterocycles. The van der Waals surface area contributed by atoms with E-state index in [0.29, 0.717) is 6.42 Å². The summed E-state index contributed by atoms with van der Waals surface area (Å²) < 4.78 is 12.0. The fourth-order valence-corrected chi connectivity index (χ4v) is 1.80. The number of hydrogen-bond acceptors (Lipinski definition) is 4. The summed E-state index contributed by atoms with van der Waals surface area (Å²) >= 11 is 0. The fraction of sp³-hybridized carbons (Fsp3) is 0.727. The second kappa shape index (κ2) is 7.19. The Balaban J connectivity index is 5.00. The van der Waals surface area contributed by atoms with Gasteiger partial charge < -0.3 is 10.4 Å². The van der Waals surface area contributed by atoms with Crippen LogP contribution in [0.2, 0.25) is 0 Å². The molecule has 1 atom stereocenters. The minimum Gasteiger partial charge on any atom is -0.480 e. The number of nitrogens with one attached hydrogen (secondary N) is 1. The van der Waals surface area contributed by atoms with Crippen LogP contribution in [0.1, 0.15) is 40.5 Å². The minimum absolute atomic E-state index is 0.167. The first kappa shape index (κ1) is 17.5. The van der Waals surface area contributed by atoms with Crippen LogP contribution in [0.5, 0.6) is 0 Å². The van der Waals surface area contributed by atoms with Gasteiger partial charge in [-0.25, -0.2) is 9.24 Å². The second-order valence-electron chi connectivity index (χ2n) is 4.63. The normalized spacial score (nSPS) is 12.8. The van der Waals surface area contributed by atoms with Gasteiger partial charge in [-0.3, -0.25) is 14.4 Å². The Morgan fingerprint density at radius 2 is 1.89 bits per heavy atom. The summed E-state index contributed by atoms with van der Waals surface area (Å²) in [6, 6.07) is -1.08. The Labute approximate surface area is 113 Å². The molecule has 0 saturated heterocycles. The fourth-order valence-electron chi connectivity index (χ4n) is 1.31. The molecule has 108 valence electrons. The zero-order valence-corrected chi connectivity index (χ0v) is 12.4. The lowest BCUT2D eigenvalue weighted by Gasteiger charge is -2.32. The molecule has 0 radical (unpaired) electrons. The van der Waals surface area contributed by atoms with E-state index >= 15 is 0 Å². The average Bonchev–Trinajstić information content (AvgIpc) is 2.29. The van der Waals surface area contributed by atoms with Crippen LogP contribution >= 0.6 is 8.61 Å². The van der Waals surface area contributed by atoms with Crippen molar-refractivity contribution in [3.8, 4) is 0 Å². The van der Waals surface area contributed by atoms with Crippen LogP contribution in [0.4, 0.5) is 0 Å². The lowest BCUT2D eigenvalue weighted by Crippen LogP contribution is -2.56. The smallest absolute Gasteiger partial charge is 0.325 e. The minimum atomic E-state index is -1.39. The summed E-state index contributed by atoms with van der Waals surface area (Å²) in [5.41, 5.74) is -1.39. The number of hydrogen-bond donors (Lipinski definition) is 2. The summed E-state index contributed by atoms with van der Waals surface area (Å²) in [6.07, 6.45) is 0.731. The zero-order chi connectivity index (χ0) is 15.2. The molecule has 0 heterocycles. The van der Waals surface area contributed by atoms with E-state index in [-0.39, 0.29) is 6.42 Å². The summed E-state index contributed by atoms with van der Waals surface area (Å²) in [4.78, 5) is 34.4. The second-order valence-corrected chi connectivity index (χ2v) is 5.19. The zero-order valence-electron chi connectivity index (χ0n) is 11.5. The maximum atomic E-state index is 12.0. The van der Waals surface area contributed by atoms with Gasteiger partial charge in [-0.05, 0) is 27.2 Å². The van der Waals surface area contributed by atoms with Crippen LogP contribution in [0.25, 0.3) is 0 Å². The molecule has 0 unspecified atom stereocenters. The van der Waals surface area contributed by atoms with Crippen molar-refractivity contribution in [3.63, 3.8) is 0 Å². The highest BCUT2D eigenvalue weighted by molar-refractivity contribution is 7.22. The lowest BCUT2D eigenvalue weighted by atomic mass is 10.0. The van der Waals surface area contributed by atoms with Crippen LogP contribution in [-0.4, -0.2) is 39.1 Å². The maximum Gasteiger partial charge on any atom is 0.325 e. The lowest BCUT2D eigenvalue weighted by molar-refractivity contribution is -0.144. The van der Waals surface area contributed by atoms with E-state index in [1.807, 2.05) is 0 Å². The SMILES string of the molecule is CCCC(=O)N(P=O)C(C)(C)C(=O)N[C@@H](C)C(=O)O. The van der Waals surface area contributed by atoms with Gasteiger partial charge in [0.05, 0.1) is 0 Å². The van der Waals surface area contributed by atoms with Gasteiger partial charge >= 0.3 is 5.97 Å². The monoisotopic (exact) mass is 290 g/mol. The summed E-state index contributed by atoms with van der Waals surface area (Å²) in [5.74, 6) is -2.28. The molecular formula is C11H19N2O5P. The van der Waals surface area contributed by atoms with E-state index in [9.17, 15) is 18.9 Å². The third kappa shape index (κ3) is 4.59. The van der Waals surface area contributed by atoms with E-state index in [2.05, 4.69) is 5.32 Å². The number of carbonyl (C=O) groups excluding carboxylic acids is 2. The number of carboxylic acid groups (broad SMARTS) is 1. The van der Waals surface area contributed by atoms with Crippen molar-refractivity contribution in [2.45, 2.75) is 52.1 Å². The first-order valence-electron chi connectivity index (χ1n) is 5.88. The van der Waals surface area contributed by atoms with Gasteiger partial charge in [0.25, 0.3) is 8.61 Å². The molecule has 0 aliphatic carbocycles. The summed E-state index contributed by atoms with van der Waals surface area (Å²) in [7, 11) is -0.593. The molecule has 8 heteroatoms. The van der Waals surface area contributed by atoms with Crippen molar-refractivity contribution in [2.24, 2.45) is 0 Å². The van der Waals surface area contributed by atoms with Gasteiger partial charge in [-0.1, -0.05) is 6.92 Å². The maximum absolute atomic E-state index is 12.0. The first-order chi connectivity index (χ1) is 8.68. The molecule has 0 spiro atoms. The van der Waals surface area contributed by atoms with Crippen molar-refractivity contribution in [1.29, 1.82) is 0 Å². The van der Waals surface area contributed by atoms with E-state index in [1.54, 1.807) is 6.92 Å². The predicted octanol–water partition coefficient (Wildman–Crippen LogP) is 1.19. The van der Waals surface area contributed by atoms with Crippen molar-refractivity contribution < 1.29 is 24.1 Å². The molecule has 0 fully saturated rings. The molecule has 0 aliphatic heterocycles. The van der Waals surface area contributed by atoms with E-state index < -0.39 is 38.0 Å². The van der Waals surface area contributed by atoms with E-state index in [4.69, 9.17) is 5.11 Å². The summed E-state index contributed by atoms with van der Waals surface area (Å²) in [6.45, 7) is 5.92. The van der Waals surface area contributed by atoms with Crippen LogP contribution in [-0.2, 0) is 18.9 Å². The first-order valence-corrected chi connectivity index (χ1v) is 6.65. The van der Waals surface area contributed by atoms with Crippen LogP contribution in [0, 0.1) is 0 Å². The molecule has 7 nitrogen and oxygen atoms in total. The summed E-state index contributed by atoms with van der Waals surface area (Å²) in [5, 5.41) is 11.0. The number of carbonyl (C=O) groups is 3. The third-order valence-corrected chi connectivity index (χ3v) is 3.47. The molecule has 0 rings (SSSR count). The van der Waals surface area contributed by atoms with E-state index in [0.717, 1.165) is 4.67 Å².